The molecule has 0 aliphatic rings. The number of nitrogen functional groups attached to an aromatic ring is 1. The van der Waals surface area contributed by atoms with Crippen molar-refractivity contribution >= 4 is 38.3 Å². The van der Waals surface area contributed by atoms with Crippen molar-refractivity contribution in [1.82, 2.24) is 9.88 Å². The Kier molecular flexibility index (Phi) is 4.55. The van der Waals surface area contributed by atoms with Gasteiger partial charge in [0, 0.05) is 23.4 Å². The minimum absolute atomic E-state index is 0.0354. The van der Waals surface area contributed by atoms with Gasteiger partial charge in [-0.25, -0.2) is 4.98 Å². The molecule has 0 spiro atoms. The van der Waals surface area contributed by atoms with Gasteiger partial charge in [0.05, 0.1) is 12.1 Å². The standard InChI is InChI=1S/C13H14BrN3OS/c1-17(7-9-2-4-10(14)5-3-9)12(18)6-11-8-19-13(15)16-11/h2-5,8H,6-7H2,1H3,(H2,15,16). The molecule has 2 aromatic rings. The lowest BCUT2D eigenvalue weighted by Crippen LogP contribution is -2.27. The number of carbonyl (C=O) groups excluding carboxylic acids is 1. The van der Waals surface area contributed by atoms with E-state index >= 15 is 0 Å². The zero-order chi connectivity index (χ0) is 13.8. The van der Waals surface area contributed by atoms with Crippen LogP contribution in [0.5, 0.6) is 0 Å². The molecule has 2 rings (SSSR count). The van der Waals surface area contributed by atoms with Crippen LogP contribution in [-0.2, 0) is 17.8 Å². The van der Waals surface area contributed by atoms with Gasteiger partial charge < -0.3 is 10.6 Å². The number of nitrogens with zero attached hydrogens (tertiary/aromatic N) is 2. The zero-order valence-electron chi connectivity index (χ0n) is 10.5. The summed E-state index contributed by atoms with van der Waals surface area (Å²) < 4.78 is 1.03. The van der Waals surface area contributed by atoms with Gasteiger partial charge in [-0.1, -0.05) is 28.1 Å². The Bertz CT molecular complexity index is 568. The third-order valence-corrected chi connectivity index (χ3v) is 3.91. The largest absolute Gasteiger partial charge is 0.375 e. The predicted molar refractivity (Wildman–Crippen MR) is 80.8 cm³/mol. The average molecular weight is 340 g/mol. The van der Waals surface area contributed by atoms with Crippen LogP contribution in [0.2, 0.25) is 0 Å². The first-order valence-corrected chi connectivity index (χ1v) is 7.40. The van der Waals surface area contributed by atoms with E-state index in [0.717, 1.165) is 15.7 Å². The second-order valence-electron chi connectivity index (χ2n) is 4.23. The molecule has 2 N–H and O–H groups in total. The molecule has 4 nitrogen and oxygen atoms in total. The molecule has 1 heterocycles. The topological polar surface area (TPSA) is 59.2 Å². The Morgan fingerprint density at radius 3 is 2.68 bits per heavy atom. The lowest BCUT2D eigenvalue weighted by Gasteiger charge is -2.16. The highest BCUT2D eigenvalue weighted by Gasteiger charge is 2.12. The number of carbonyl (C=O) groups is 1. The van der Waals surface area contributed by atoms with Crippen LogP contribution in [0.3, 0.4) is 0 Å². The van der Waals surface area contributed by atoms with E-state index in [2.05, 4.69) is 20.9 Å². The number of hydrogen-bond acceptors (Lipinski definition) is 4. The minimum atomic E-state index is 0.0354. The number of benzene rings is 1. The maximum Gasteiger partial charge on any atom is 0.228 e. The zero-order valence-corrected chi connectivity index (χ0v) is 12.9. The summed E-state index contributed by atoms with van der Waals surface area (Å²) in [6.07, 6.45) is 0.292. The maximum atomic E-state index is 12.0. The molecule has 1 aromatic heterocycles. The SMILES string of the molecule is CN(Cc1ccc(Br)cc1)C(=O)Cc1csc(N)n1. The molecule has 6 heteroatoms. The van der Waals surface area contributed by atoms with Crippen molar-refractivity contribution in [2.24, 2.45) is 0 Å². The summed E-state index contributed by atoms with van der Waals surface area (Å²) in [7, 11) is 1.79. The summed E-state index contributed by atoms with van der Waals surface area (Å²) in [6.45, 7) is 0.589. The van der Waals surface area contributed by atoms with Crippen LogP contribution in [0.25, 0.3) is 0 Å². The lowest BCUT2D eigenvalue weighted by atomic mass is 10.2. The van der Waals surface area contributed by atoms with Gasteiger partial charge in [0.25, 0.3) is 0 Å². The van der Waals surface area contributed by atoms with Gasteiger partial charge in [-0.15, -0.1) is 11.3 Å². The van der Waals surface area contributed by atoms with Crippen LogP contribution in [0.4, 0.5) is 5.13 Å². The van der Waals surface area contributed by atoms with Crippen molar-refractivity contribution in [3.8, 4) is 0 Å². The molecule has 0 aliphatic carbocycles. The van der Waals surface area contributed by atoms with Crippen molar-refractivity contribution in [2.75, 3.05) is 12.8 Å². The van der Waals surface area contributed by atoms with E-state index in [1.165, 1.54) is 11.3 Å². The first kappa shape index (κ1) is 14.0. The molecular weight excluding hydrogens is 326 g/mol. The fraction of sp³-hybridized carbons (Fsp3) is 0.231. The second-order valence-corrected chi connectivity index (χ2v) is 6.04. The molecule has 0 saturated heterocycles. The Balaban J connectivity index is 1.94. The number of hydrogen-bond donors (Lipinski definition) is 1. The molecule has 0 fully saturated rings. The molecule has 0 radical (unpaired) electrons. The van der Waals surface area contributed by atoms with E-state index in [9.17, 15) is 4.79 Å². The van der Waals surface area contributed by atoms with Gasteiger partial charge >= 0.3 is 0 Å². The fourth-order valence-corrected chi connectivity index (χ4v) is 2.47. The molecular formula is C13H14BrN3OS. The van der Waals surface area contributed by atoms with Crippen molar-refractivity contribution in [2.45, 2.75) is 13.0 Å². The first-order chi connectivity index (χ1) is 9.04. The average Bonchev–Trinajstić information content (AvgIpc) is 2.77. The van der Waals surface area contributed by atoms with E-state index in [1.807, 2.05) is 29.6 Å². The van der Waals surface area contributed by atoms with Crippen LogP contribution in [0.1, 0.15) is 11.3 Å². The van der Waals surface area contributed by atoms with Crippen LogP contribution in [0, 0.1) is 0 Å². The molecule has 0 unspecified atom stereocenters. The number of likely N-dealkylation sites (N-methyl/N-ethyl adjacent to an activating group) is 1. The van der Waals surface area contributed by atoms with Crippen LogP contribution >= 0.6 is 27.3 Å². The summed E-state index contributed by atoms with van der Waals surface area (Å²) in [5, 5.41) is 2.32. The van der Waals surface area contributed by atoms with Gasteiger partial charge in [-0.3, -0.25) is 4.79 Å². The van der Waals surface area contributed by atoms with Crippen molar-refractivity contribution in [3.05, 3.63) is 45.4 Å². The molecule has 0 saturated carbocycles. The Morgan fingerprint density at radius 2 is 2.11 bits per heavy atom. The normalized spacial score (nSPS) is 10.4. The van der Waals surface area contributed by atoms with E-state index in [0.29, 0.717) is 18.1 Å². The highest BCUT2D eigenvalue weighted by Crippen LogP contribution is 2.14. The molecule has 100 valence electrons. The fourth-order valence-electron chi connectivity index (χ4n) is 1.65. The van der Waals surface area contributed by atoms with Crippen LogP contribution < -0.4 is 5.73 Å². The summed E-state index contributed by atoms with van der Waals surface area (Å²) in [4.78, 5) is 17.8. The number of anilines is 1. The third kappa shape index (κ3) is 4.04. The van der Waals surface area contributed by atoms with Crippen LogP contribution in [0.15, 0.2) is 34.1 Å². The van der Waals surface area contributed by atoms with E-state index in [1.54, 1.807) is 11.9 Å². The number of thiazole rings is 1. The maximum absolute atomic E-state index is 12.0. The van der Waals surface area contributed by atoms with Crippen molar-refractivity contribution < 1.29 is 4.79 Å². The Labute approximate surface area is 124 Å². The lowest BCUT2D eigenvalue weighted by molar-refractivity contribution is -0.129. The molecule has 0 bridgehead atoms. The summed E-state index contributed by atoms with van der Waals surface area (Å²) in [5.74, 6) is 0.0354. The molecule has 19 heavy (non-hydrogen) atoms. The minimum Gasteiger partial charge on any atom is -0.375 e. The summed E-state index contributed by atoms with van der Waals surface area (Å²) >= 11 is 4.74. The predicted octanol–water partition coefficient (Wildman–Crippen LogP) is 2.69. The molecule has 1 amide bonds. The quantitative estimate of drug-likeness (QED) is 0.931. The van der Waals surface area contributed by atoms with Crippen LogP contribution in [-0.4, -0.2) is 22.8 Å². The summed E-state index contributed by atoms with van der Waals surface area (Å²) in [5.41, 5.74) is 7.37. The van der Waals surface area contributed by atoms with Gasteiger partial charge in [0.1, 0.15) is 0 Å². The van der Waals surface area contributed by atoms with Gasteiger partial charge in [-0.2, -0.15) is 0 Å². The number of halogens is 1. The molecule has 0 atom stereocenters. The monoisotopic (exact) mass is 339 g/mol. The van der Waals surface area contributed by atoms with E-state index < -0.39 is 0 Å². The second kappa shape index (κ2) is 6.16. The number of nitrogens with two attached hydrogens (primary N) is 1. The smallest absolute Gasteiger partial charge is 0.228 e. The highest BCUT2D eigenvalue weighted by atomic mass is 79.9. The number of amides is 1. The first-order valence-electron chi connectivity index (χ1n) is 5.73. The molecule has 0 aliphatic heterocycles. The Hall–Kier alpha value is -1.40. The van der Waals surface area contributed by atoms with Crippen molar-refractivity contribution in [3.63, 3.8) is 0 Å². The van der Waals surface area contributed by atoms with E-state index in [-0.39, 0.29) is 5.91 Å². The third-order valence-electron chi connectivity index (χ3n) is 2.66. The number of rotatable bonds is 4. The number of aromatic nitrogens is 1. The summed E-state index contributed by atoms with van der Waals surface area (Å²) in [6, 6.07) is 7.92. The molecule has 1 aromatic carbocycles. The Morgan fingerprint density at radius 1 is 1.42 bits per heavy atom. The van der Waals surface area contributed by atoms with Gasteiger partial charge in [0.2, 0.25) is 5.91 Å². The van der Waals surface area contributed by atoms with Gasteiger partial charge in [0.15, 0.2) is 5.13 Å². The van der Waals surface area contributed by atoms with Gasteiger partial charge in [-0.05, 0) is 17.7 Å². The highest BCUT2D eigenvalue weighted by molar-refractivity contribution is 9.10. The van der Waals surface area contributed by atoms with E-state index in [4.69, 9.17) is 5.73 Å². The van der Waals surface area contributed by atoms with Crippen molar-refractivity contribution in [1.29, 1.82) is 0 Å².